The van der Waals surface area contributed by atoms with Gasteiger partial charge in [-0.1, -0.05) is 31.4 Å². The Labute approximate surface area is 209 Å². The summed E-state index contributed by atoms with van der Waals surface area (Å²) in [7, 11) is 5.39. The van der Waals surface area contributed by atoms with Gasteiger partial charge in [0.25, 0.3) is 11.8 Å². The van der Waals surface area contributed by atoms with Gasteiger partial charge in [-0.25, -0.2) is 0 Å². The molecule has 190 valence electrons. The molecule has 1 aromatic carbocycles. The quantitative estimate of drug-likeness (QED) is 0.452. The monoisotopic (exact) mass is 502 g/mol. The van der Waals surface area contributed by atoms with Crippen molar-refractivity contribution in [1.29, 1.82) is 0 Å². The summed E-state index contributed by atoms with van der Waals surface area (Å²) < 4.78 is 9.21. The standard InChI is InChI=1S/C24H34N6O4S/c1-29(2)17-11-9-15(10-12-17)20(23(32)27-16-7-5-4-6-8-16)30(13-14-34-3)24(33)21-18(25)19(22(26)31)28-35-21/h9-12,16,20H,4-8,13-14,25H2,1-3H3,(H2,26,31)(H,27,32)/t20-/m1/s1. The van der Waals surface area contributed by atoms with Crippen LogP contribution in [0.2, 0.25) is 0 Å². The number of methoxy groups -OCH3 is 1. The number of primary amides is 1. The summed E-state index contributed by atoms with van der Waals surface area (Å²) in [6, 6.07) is 6.64. The van der Waals surface area contributed by atoms with Gasteiger partial charge in [-0.15, -0.1) is 0 Å². The SMILES string of the molecule is COCCN(C(=O)c1snc(C(N)=O)c1N)[C@@H](C(=O)NC1CCCCC1)c1ccc(N(C)C)cc1. The number of hydrogen-bond donors (Lipinski definition) is 3. The molecule has 1 fully saturated rings. The second-order valence-corrected chi connectivity index (χ2v) is 9.63. The van der Waals surface area contributed by atoms with Crippen molar-refractivity contribution in [1.82, 2.24) is 14.6 Å². The molecule has 1 aliphatic rings. The van der Waals surface area contributed by atoms with Crippen molar-refractivity contribution in [2.45, 2.75) is 44.2 Å². The first-order valence-corrected chi connectivity index (χ1v) is 12.4. The van der Waals surface area contributed by atoms with Crippen LogP contribution in [0, 0.1) is 0 Å². The third-order valence-electron chi connectivity index (χ3n) is 6.19. The molecule has 0 bridgehead atoms. The molecule has 3 amide bonds. The van der Waals surface area contributed by atoms with Gasteiger partial charge in [-0.3, -0.25) is 14.4 Å². The van der Waals surface area contributed by atoms with E-state index in [1.165, 1.54) is 12.0 Å². The number of carbonyl (C=O) groups is 3. The summed E-state index contributed by atoms with van der Waals surface area (Å²) in [6.07, 6.45) is 5.11. The number of nitrogens with zero attached hydrogens (tertiary/aromatic N) is 3. The second-order valence-electron chi connectivity index (χ2n) is 8.86. The molecule has 0 aliphatic heterocycles. The first-order valence-electron chi connectivity index (χ1n) is 11.7. The highest BCUT2D eigenvalue weighted by Gasteiger charge is 2.35. The molecule has 11 heteroatoms. The topological polar surface area (TPSA) is 144 Å². The lowest BCUT2D eigenvalue weighted by molar-refractivity contribution is -0.127. The van der Waals surface area contributed by atoms with Gasteiger partial charge in [0.2, 0.25) is 5.91 Å². The normalized spacial score (nSPS) is 14.8. The molecule has 1 saturated carbocycles. The maximum absolute atomic E-state index is 13.7. The van der Waals surface area contributed by atoms with E-state index in [4.69, 9.17) is 16.2 Å². The van der Waals surface area contributed by atoms with E-state index in [2.05, 4.69) is 9.69 Å². The van der Waals surface area contributed by atoms with E-state index in [1.54, 1.807) is 0 Å². The fourth-order valence-electron chi connectivity index (χ4n) is 4.25. The highest BCUT2D eigenvalue weighted by atomic mass is 32.1. The first kappa shape index (κ1) is 26.4. The minimum Gasteiger partial charge on any atom is -0.395 e. The lowest BCUT2D eigenvalue weighted by Crippen LogP contribution is -2.48. The average molecular weight is 503 g/mol. The summed E-state index contributed by atoms with van der Waals surface area (Å²) in [5.74, 6) is -1.59. The van der Waals surface area contributed by atoms with Crippen LogP contribution in [-0.4, -0.2) is 67.4 Å². The molecular formula is C24H34N6O4S. The van der Waals surface area contributed by atoms with E-state index < -0.39 is 17.9 Å². The number of nitrogens with one attached hydrogen (secondary N) is 1. The van der Waals surface area contributed by atoms with Crippen molar-refractivity contribution < 1.29 is 19.1 Å². The number of amides is 3. The van der Waals surface area contributed by atoms with Crippen molar-refractivity contribution in [3.8, 4) is 0 Å². The van der Waals surface area contributed by atoms with Gasteiger partial charge < -0.3 is 31.3 Å². The predicted molar refractivity (Wildman–Crippen MR) is 136 cm³/mol. The molecule has 1 heterocycles. The summed E-state index contributed by atoms with van der Waals surface area (Å²) >= 11 is 0.794. The number of ether oxygens (including phenoxy) is 1. The fourth-order valence-corrected chi connectivity index (χ4v) is 5.01. The number of nitrogens with two attached hydrogens (primary N) is 2. The van der Waals surface area contributed by atoms with Crippen LogP contribution in [0.25, 0.3) is 0 Å². The Hall–Kier alpha value is -3.18. The van der Waals surface area contributed by atoms with E-state index in [0.717, 1.165) is 49.3 Å². The number of benzene rings is 1. The molecule has 2 aromatic rings. The number of rotatable bonds is 10. The summed E-state index contributed by atoms with van der Waals surface area (Å²) in [5.41, 5.74) is 12.8. The second kappa shape index (κ2) is 12.0. The average Bonchev–Trinajstić information content (AvgIpc) is 3.23. The molecule has 1 aliphatic carbocycles. The molecule has 35 heavy (non-hydrogen) atoms. The van der Waals surface area contributed by atoms with E-state index in [0.29, 0.717) is 5.56 Å². The minimum absolute atomic E-state index is 0.0640. The van der Waals surface area contributed by atoms with Crippen LogP contribution in [0.5, 0.6) is 0 Å². The van der Waals surface area contributed by atoms with Crippen LogP contribution in [0.3, 0.4) is 0 Å². The number of anilines is 2. The molecule has 0 spiro atoms. The molecule has 10 nitrogen and oxygen atoms in total. The highest BCUT2D eigenvalue weighted by Crippen LogP contribution is 2.30. The predicted octanol–water partition coefficient (Wildman–Crippen LogP) is 2.17. The van der Waals surface area contributed by atoms with E-state index >= 15 is 0 Å². The molecule has 0 radical (unpaired) electrons. The van der Waals surface area contributed by atoms with E-state index in [-0.39, 0.29) is 41.4 Å². The van der Waals surface area contributed by atoms with E-state index in [9.17, 15) is 14.4 Å². The minimum atomic E-state index is -0.922. The van der Waals surface area contributed by atoms with Gasteiger partial charge in [0.15, 0.2) is 5.69 Å². The number of carbonyl (C=O) groups excluding carboxylic acids is 3. The molecule has 5 N–H and O–H groups in total. The van der Waals surface area contributed by atoms with Crippen molar-refractivity contribution in [2.75, 3.05) is 45.0 Å². The fraction of sp³-hybridized carbons (Fsp3) is 0.500. The largest absolute Gasteiger partial charge is 0.395 e. The number of nitrogen functional groups attached to an aromatic ring is 1. The molecule has 1 aromatic heterocycles. The smallest absolute Gasteiger partial charge is 0.270 e. The van der Waals surface area contributed by atoms with Crippen molar-refractivity contribution >= 4 is 40.6 Å². The zero-order valence-corrected chi connectivity index (χ0v) is 21.3. The Morgan fingerprint density at radius 3 is 2.37 bits per heavy atom. The molecule has 0 unspecified atom stereocenters. The van der Waals surface area contributed by atoms with Gasteiger partial charge in [0.05, 0.1) is 12.3 Å². The number of hydrogen-bond acceptors (Lipinski definition) is 8. The van der Waals surface area contributed by atoms with Crippen molar-refractivity contribution in [2.24, 2.45) is 5.73 Å². The Bertz CT molecular complexity index is 1030. The molecule has 3 rings (SSSR count). The van der Waals surface area contributed by atoms with Crippen LogP contribution in [0.1, 0.15) is 63.9 Å². The highest BCUT2D eigenvalue weighted by molar-refractivity contribution is 7.09. The third-order valence-corrected chi connectivity index (χ3v) is 7.04. The lowest BCUT2D eigenvalue weighted by atomic mass is 9.94. The Morgan fingerprint density at radius 2 is 1.83 bits per heavy atom. The Morgan fingerprint density at radius 1 is 1.17 bits per heavy atom. The van der Waals surface area contributed by atoms with Gasteiger partial charge >= 0.3 is 0 Å². The zero-order valence-electron chi connectivity index (χ0n) is 20.5. The van der Waals surface area contributed by atoms with Gasteiger partial charge in [0.1, 0.15) is 10.9 Å². The maximum Gasteiger partial charge on any atom is 0.270 e. The summed E-state index contributed by atoms with van der Waals surface area (Å²) in [5, 5.41) is 3.15. The van der Waals surface area contributed by atoms with Gasteiger partial charge in [0, 0.05) is 39.5 Å². The zero-order chi connectivity index (χ0) is 25.5. The van der Waals surface area contributed by atoms with E-state index in [1.807, 2.05) is 43.3 Å². The molecular weight excluding hydrogens is 468 g/mol. The van der Waals surface area contributed by atoms with Crippen molar-refractivity contribution in [3.63, 3.8) is 0 Å². The van der Waals surface area contributed by atoms with Gasteiger partial charge in [-0.05, 0) is 42.1 Å². The van der Waals surface area contributed by atoms with Crippen molar-refractivity contribution in [3.05, 3.63) is 40.4 Å². The maximum atomic E-state index is 13.7. The van der Waals surface area contributed by atoms with Crippen LogP contribution in [-0.2, 0) is 9.53 Å². The van der Waals surface area contributed by atoms with Gasteiger partial charge in [-0.2, -0.15) is 4.37 Å². The molecule has 0 saturated heterocycles. The lowest BCUT2D eigenvalue weighted by Gasteiger charge is -2.33. The Balaban J connectivity index is 2.01. The molecule has 1 atom stereocenters. The van der Waals surface area contributed by atoms with Crippen LogP contribution in [0.15, 0.2) is 24.3 Å². The Kier molecular flexibility index (Phi) is 9.05. The summed E-state index contributed by atoms with van der Waals surface area (Å²) in [6.45, 7) is 0.340. The third kappa shape index (κ3) is 6.29. The number of aromatic nitrogens is 1. The van der Waals surface area contributed by atoms with Crippen LogP contribution < -0.4 is 21.7 Å². The van der Waals surface area contributed by atoms with Crippen LogP contribution >= 0.6 is 11.5 Å². The first-order chi connectivity index (χ1) is 16.7. The van der Waals surface area contributed by atoms with Crippen LogP contribution in [0.4, 0.5) is 11.4 Å². The summed E-state index contributed by atoms with van der Waals surface area (Å²) in [4.78, 5) is 42.5.